The first-order chi connectivity index (χ1) is 11.1. The Morgan fingerprint density at radius 2 is 2.09 bits per heavy atom. The van der Waals surface area contributed by atoms with Gasteiger partial charge >= 0.3 is 0 Å². The highest BCUT2D eigenvalue weighted by Gasteiger charge is 2.23. The summed E-state index contributed by atoms with van der Waals surface area (Å²) in [5.74, 6) is 1.44. The first-order valence-corrected chi connectivity index (χ1v) is 9.71. The fourth-order valence-electron chi connectivity index (χ4n) is 2.74. The van der Waals surface area contributed by atoms with Crippen LogP contribution in [0, 0.1) is 5.92 Å². The summed E-state index contributed by atoms with van der Waals surface area (Å²) in [4.78, 5) is 8.13. The summed E-state index contributed by atoms with van der Waals surface area (Å²) in [7, 11) is 1.82. The lowest BCUT2D eigenvalue weighted by molar-refractivity contribution is 0.00752. The lowest BCUT2D eigenvalue weighted by Gasteiger charge is -2.37. The summed E-state index contributed by atoms with van der Waals surface area (Å²) in [6, 6.07) is 4.69. The van der Waals surface area contributed by atoms with Gasteiger partial charge in [0.2, 0.25) is 0 Å². The Bertz CT molecular complexity index is 500. The molecule has 0 amide bonds. The molecule has 7 heteroatoms. The van der Waals surface area contributed by atoms with Crippen LogP contribution in [-0.2, 0) is 11.3 Å². The summed E-state index contributed by atoms with van der Waals surface area (Å²) in [5, 5.41) is 6.86. The maximum Gasteiger partial charge on any atom is 0.191 e. The van der Waals surface area contributed by atoms with Gasteiger partial charge in [-0.2, -0.15) is 0 Å². The van der Waals surface area contributed by atoms with Gasteiger partial charge in [0.05, 0.1) is 23.5 Å². The molecule has 0 spiro atoms. The van der Waals surface area contributed by atoms with Gasteiger partial charge < -0.3 is 15.4 Å². The molecule has 0 aliphatic carbocycles. The van der Waals surface area contributed by atoms with E-state index in [1.807, 2.05) is 7.05 Å². The molecular formula is C16H27BrN4OS. The molecule has 1 aliphatic rings. The minimum Gasteiger partial charge on any atom is -0.379 e. The third-order valence-corrected chi connectivity index (χ3v) is 5.67. The van der Waals surface area contributed by atoms with E-state index in [1.54, 1.807) is 11.3 Å². The number of morpholine rings is 1. The Kier molecular flexibility index (Phi) is 7.82. The molecule has 1 aliphatic heterocycles. The summed E-state index contributed by atoms with van der Waals surface area (Å²) in [6.07, 6.45) is 0. The third kappa shape index (κ3) is 6.06. The number of nitrogens with zero attached hydrogens (tertiary/aromatic N) is 2. The highest BCUT2D eigenvalue weighted by molar-refractivity contribution is 9.11. The molecule has 130 valence electrons. The fourth-order valence-corrected chi connectivity index (χ4v) is 4.16. The van der Waals surface area contributed by atoms with Gasteiger partial charge in [-0.1, -0.05) is 13.8 Å². The average Bonchev–Trinajstić information content (AvgIpc) is 2.96. The van der Waals surface area contributed by atoms with Gasteiger partial charge in [-0.05, 0) is 34.0 Å². The zero-order chi connectivity index (χ0) is 16.7. The number of nitrogens with one attached hydrogen (secondary N) is 2. The van der Waals surface area contributed by atoms with E-state index >= 15 is 0 Å². The fraction of sp³-hybridized carbons (Fsp3) is 0.688. The number of halogens is 1. The van der Waals surface area contributed by atoms with Gasteiger partial charge in [0, 0.05) is 37.6 Å². The van der Waals surface area contributed by atoms with E-state index in [9.17, 15) is 0 Å². The number of thiophene rings is 1. The molecule has 0 bridgehead atoms. The lowest BCUT2D eigenvalue weighted by Crippen LogP contribution is -2.52. The van der Waals surface area contributed by atoms with Crippen molar-refractivity contribution in [1.82, 2.24) is 15.5 Å². The van der Waals surface area contributed by atoms with Crippen LogP contribution in [0.5, 0.6) is 0 Å². The number of hydrogen-bond acceptors (Lipinski definition) is 4. The van der Waals surface area contributed by atoms with Crippen LogP contribution in [0.25, 0.3) is 0 Å². The predicted octanol–water partition coefficient (Wildman–Crippen LogP) is 2.53. The highest BCUT2D eigenvalue weighted by Crippen LogP contribution is 2.21. The normalized spacial score (nSPS) is 18.2. The van der Waals surface area contributed by atoms with Crippen LogP contribution in [-0.4, -0.2) is 56.8 Å². The summed E-state index contributed by atoms with van der Waals surface area (Å²) >= 11 is 5.24. The van der Waals surface area contributed by atoms with Gasteiger partial charge in [0.25, 0.3) is 0 Å². The van der Waals surface area contributed by atoms with Crippen LogP contribution in [0.4, 0.5) is 0 Å². The van der Waals surface area contributed by atoms with Crippen molar-refractivity contribution >= 4 is 33.2 Å². The standard InChI is InChI=1S/C16H27BrN4OS/c1-12(2)14(21-6-8-22-9-7-21)11-20-16(18-3)19-10-13-4-5-15(17)23-13/h4-5,12,14H,6-11H2,1-3H3,(H2,18,19,20). The van der Waals surface area contributed by atoms with Crippen LogP contribution in [0.2, 0.25) is 0 Å². The van der Waals surface area contributed by atoms with E-state index in [0.717, 1.165) is 49.1 Å². The number of ether oxygens (including phenoxy) is 1. The summed E-state index contributed by atoms with van der Waals surface area (Å²) < 4.78 is 6.62. The molecule has 5 nitrogen and oxygen atoms in total. The van der Waals surface area contributed by atoms with Crippen LogP contribution >= 0.6 is 27.3 Å². The van der Waals surface area contributed by atoms with Gasteiger partial charge in [-0.15, -0.1) is 11.3 Å². The van der Waals surface area contributed by atoms with Crippen molar-refractivity contribution in [2.24, 2.45) is 10.9 Å². The number of aliphatic imine (C=N–C) groups is 1. The highest BCUT2D eigenvalue weighted by atomic mass is 79.9. The molecular weight excluding hydrogens is 376 g/mol. The number of rotatable bonds is 6. The van der Waals surface area contributed by atoms with Crippen LogP contribution < -0.4 is 10.6 Å². The minimum atomic E-state index is 0.494. The van der Waals surface area contributed by atoms with E-state index in [0.29, 0.717) is 12.0 Å². The number of hydrogen-bond donors (Lipinski definition) is 2. The van der Waals surface area contributed by atoms with Crippen molar-refractivity contribution in [3.8, 4) is 0 Å². The second-order valence-corrected chi connectivity index (χ2v) is 8.52. The van der Waals surface area contributed by atoms with Crippen LogP contribution in [0.15, 0.2) is 20.9 Å². The van der Waals surface area contributed by atoms with Crippen molar-refractivity contribution in [3.63, 3.8) is 0 Å². The van der Waals surface area contributed by atoms with Crippen molar-refractivity contribution in [3.05, 3.63) is 20.8 Å². The monoisotopic (exact) mass is 402 g/mol. The maximum atomic E-state index is 5.47. The largest absolute Gasteiger partial charge is 0.379 e. The third-order valence-electron chi connectivity index (χ3n) is 4.05. The molecule has 2 N–H and O–H groups in total. The van der Waals surface area contributed by atoms with Crippen molar-refractivity contribution < 1.29 is 4.74 Å². The number of guanidine groups is 1. The summed E-state index contributed by atoms with van der Waals surface area (Å²) in [6.45, 7) is 9.94. The smallest absolute Gasteiger partial charge is 0.191 e. The van der Waals surface area contributed by atoms with Gasteiger partial charge in [-0.3, -0.25) is 9.89 Å². The summed E-state index contributed by atoms with van der Waals surface area (Å²) in [5.41, 5.74) is 0. The molecule has 1 aromatic rings. The quantitative estimate of drug-likeness (QED) is 0.566. The van der Waals surface area contributed by atoms with E-state index in [1.165, 1.54) is 4.88 Å². The predicted molar refractivity (Wildman–Crippen MR) is 101 cm³/mol. The topological polar surface area (TPSA) is 48.9 Å². The Morgan fingerprint density at radius 3 is 2.65 bits per heavy atom. The van der Waals surface area contributed by atoms with E-state index < -0.39 is 0 Å². The second kappa shape index (κ2) is 9.61. The Morgan fingerprint density at radius 1 is 1.35 bits per heavy atom. The molecule has 1 unspecified atom stereocenters. The molecule has 23 heavy (non-hydrogen) atoms. The van der Waals surface area contributed by atoms with Crippen LogP contribution in [0.3, 0.4) is 0 Å². The first-order valence-electron chi connectivity index (χ1n) is 8.10. The Labute approximate surface area is 151 Å². The molecule has 0 aromatic carbocycles. The zero-order valence-electron chi connectivity index (χ0n) is 14.1. The van der Waals surface area contributed by atoms with E-state index in [-0.39, 0.29) is 0 Å². The first kappa shape index (κ1) is 18.7. The van der Waals surface area contributed by atoms with Crippen molar-refractivity contribution in [2.45, 2.75) is 26.4 Å². The molecule has 2 rings (SSSR count). The molecule has 2 heterocycles. The van der Waals surface area contributed by atoms with Gasteiger partial charge in [0.15, 0.2) is 5.96 Å². The average molecular weight is 403 g/mol. The van der Waals surface area contributed by atoms with Crippen LogP contribution in [0.1, 0.15) is 18.7 Å². The van der Waals surface area contributed by atoms with Gasteiger partial charge in [-0.25, -0.2) is 0 Å². The molecule has 1 fully saturated rings. The maximum absolute atomic E-state index is 5.47. The van der Waals surface area contributed by atoms with Gasteiger partial charge in [0.1, 0.15) is 0 Å². The Balaban J connectivity index is 1.82. The van der Waals surface area contributed by atoms with E-state index in [4.69, 9.17) is 4.74 Å². The second-order valence-electron chi connectivity index (χ2n) is 5.97. The molecule has 1 atom stereocenters. The van der Waals surface area contributed by atoms with E-state index in [2.05, 4.69) is 62.4 Å². The Hall–Kier alpha value is -0.630. The van der Waals surface area contributed by atoms with Crippen molar-refractivity contribution in [1.29, 1.82) is 0 Å². The van der Waals surface area contributed by atoms with Crippen molar-refractivity contribution in [2.75, 3.05) is 39.9 Å². The molecule has 1 aromatic heterocycles. The molecule has 0 saturated carbocycles. The SMILES string of the molecule is CN=C(NCc1ccc(Br)s1)NCC(C(C)C)N1CCOCC1. The molecule has 1 saturated heterocycles. The molecule has 0 radical (unpaired) electrons. The zero-order valence-corrected chi connectivity index (χ0v) is 16.5. The lowest BCUT2D eigenvalue weighted by atomic mass is 10.0. The minimum absolute atomic E-state index is 0.494.